The lowest BCUT2D eigenvalue weighted by molar-refractivity contribution is -0.121. The topological polar surface area (TPSA) is 67.2 Å². The summed E-state index contributed by atoms with van der Waals surface area (Å²) >= 11 is 0. The summed E-state index contributed by atoms with van der Waals surface area (Å²) in [5, 5.41) is 6.12. The number of hydrogen-bond donors (Lipinski definition) is 2. The second-order valence-corrected chi connectivity index (χ2v) is 4.90. The quantitative estimate of drug-likeness (QED) is 0.878. The molecule has 7 heteroatoms. The van der Waals surface area contributed by atoms with Crippen LogP contribution < -0.4 is 10.6 Å². The highest BCUT2D eigenvalue weighted by molar-refractivity contribution is 5.85. The summed E-state index contributed by atoms with van der Waals surface area (Å²) in [7, 11) is 0. The predicted octanol–water partition coefficient (Wildman–Crippen LogP) is 1.94. The molecule has 1 aliphatic heterocycles. The molecule has 0 unspecified atom stereocenters. The molecule has 21 heavy (non-hydrogen) atoms. The van der Waals surface area contributed by atoms with Crippen LogP contribution in [-0.2, 0) is 11.2 Å². The van der Waals surface area contributed by atoms with Crippen molar-refractivity contribution in [1.82, 2.24) is 15.6 Å². The molecule has 1 aromatic carbocycles. The highest BCUT2D eigenvalue weighted by atomic mass is 35.5. The van der Waals surface area contributed by atoms with Gasteiger partial charge in [-0.15, -0.1) is 24.8 Å². The minimum atomic E-state index is 0. The van der Waals surface area contributed by atoms with Gasteiger partial charge in [0.1, 0.15) is 5.52 Å². The van der Waals surface area contributed by atoms with Gasteiger partial charge in [0.15, 0.2) is 11.5 Å². The number of para-hydroxylation sites is 2. The third-order valence-corrected chi connectivity index (χ3v) is 3.36. The minimum absolute atomic E-state index is 0. The highest BCUT2D eigenvalue weighted by Gasteiger charge is 2.17. The first-order valence-electron chi connectivity index (χ1n) is 6.63. The molecule has 1 saturated heterocycles. The number of nitrogens with zero attached hydrogens (tertiary/aromatic N) is 1. The first-order valence-corrected chi connectivity index (χ1v) is 6.63. The lowest BCUT2D eigenvalue weighted by Gasteiger charge is -2.27. The van der Waals surface area contributed by atoms with Gasteiger partial charge in [-0.05, 0) is 12.1 Å². The second kappa shape index (κ2) is 8.22. The number of carbonyl (C=O) groups is 1. The van der Waals surface area contributed by atoms with Crippen molar-refractivity contribution in [3.8, 4) is 0 Å². The molecule has 2 heterocycles. The van der Waals surface area contributed by atoms with E-state index < -0.39 is 0 Å². The monoisotopic (exact) mass is 331 g/mol. The van der Waals surface area contributed by atoms with Gasteiger partial charge in [0.05, 0.1) is 0 Å². The van der Waals surface area contributed by atoms with E-state index in [9.17, 15) is 4.79 Å². The number of hydrogen-bond acceptors (Lipinski definition) is 4. The average molecular weight is 332 g/mol. The van der Waals surface area contributed by atoms with E-state index in [0.717, 1.165) is 30.7 Å². The molecule has 0 atom stereocenters. The number of oxazole rings is 1. The third kappa shape index (κ3) is 4.59. The Kier molecular flexibility index (Phi) is 6.95. The van der Waals surface area contributed by atoms with Gasteiger partial charge in [0.2, 0.25) is 5.91 Å². The fourth-order valence-corrected chi connectivity index (χ4v) is 2.09. The van der Waals surface area contributed by atoms with Crippen molar-refractivity contribution in [3.05, 3.63) is 30.2 Å². The molecular weight excluding hydrogens is 313 g/mol. The Labute approximate surface area is 135 Å². The van der Waals surface area contributed by atoms with Crippen LogP contribution in [0.3, 0.4) is 0 Å². The summed E-state index contributed by atoms with van der Waals surface area (Å²) in [4.78, 5) is 16.0. The second-order valence-electron chi connectivity index (χ2n) is 4.90. The van der Waals surface area contributed by atoms with E-state index in [0.29, 0.717) is 24.7 Å². The molecule has 1 fully saturated rings. The minimum Gasteiger partial charge on any atom is -0.441 e. The number of carbonyl (C=O) groups excluding carboxylic acids is 1. The molecule has 0 spiro atoms. The van der Waals surface area contributed by atoms with Crippen LogP contribution in [0.1, 0.15) is 12.3 Å². The van der Waals surface area contributed by atoms with Gasteiger partial charge in [-0.3, -0.25) is 4.79 Å². The highest BCUT2D eigenvalue weighted by Crippen LogP contribution is 2.15. The molecule has 1 aliphatic rings. The van der Waals surface area contributed by atoms with Crippen LogP contribution in [0, 0.1) is 5.92 Å². The van der Waals surface area contributed by atoms with Crippen molar-refractivity contribution in [2.75, 3.05) is 19.6 Å². The first kappa shape index (κ1) is 17.8. The maximum absolute atomic E-state index is 11.7. The Balaban J connectivity index is 0.00000110. The predicted molar refractivity (Wildman–Crippen MR) is 86.2 cm³/mol. The van der Waals surface area contributed by atoms with E-state index >= 15 is 0 Å². The largest absolute Gasteiger partial charge is 0.441 e. The molecule has 1 amide bonds. The molecule has 1 aromatic heterocycles. The third-order valence-electron chi connectivity index (χ3n) is 3.36. The lowest BCUT2D eigenvalue weighted by atomic mass is 10.0. The van der Waals surface area contributed by atoms with Crippen molar-refractivity contribution < 1.29 is 9.21 Å². The maximum Gasteiger partial charge on any atom is 0.220 e. The maximum atomic E-state index is 11.7. The van der Waals surface area contributed by atoms with Crippen molar-refractivity contribution in [2.45, 2.75) is 12.8 Å². The van der Waals surface area contributed by atoms with E-state index in [1.165, 1.54) is 0 Å². The van der Waals surface area contributed by atoms with Gasteiger partial charge in [-0.25, -0.2) is 4.98 Å². The Morgan fingerprint density at radius 3 is 2.76 bits per heavy atom. The van der Waals surface area contributed by atoms with Gasteiger partial charge in [-0.2, -0.15) is 0 Å². The van der Waals surface area contributed by atoms with E-state index in [2.05, 4.69) is 15.6 Å². The van der Waals surface area contributed by atoms with E-state index in [-0.39, 0.29) is 30.7 Å². The van der Waals surface area contributed by atoms with Crippen LogP contribution in [-0.4, -0.2) is 30.5 Å². The molecule has 0 aliphatic carbocycles. The van der Waals surface area contributed by atoms with Crippen LogP contribution in [0.15, 0.2) is 28.7 Å². The van der Waals surface area contributed by atoms with Crippen molar-refractivity contribution >= 4 is 41.8 Å². The average Bonchev–Trinajstić information content (AvgIpc) is 2.77. The molecule has 2 aromatic rings. The summed E-state index contributed by atoms with van der Waals surface area (Å²) in [6.07, 6.45) is 0.969. The van der Waals surface area contributed by atoms with Crippen molar-refractivity contribution in [2.24, 2.45) is 5.92 Å². The molecule has 0 saturated carbocycles. The zero-order chi connectivity index (χ0) is 13.1. The summed E-state index contributed by atoms with van der Waals surface area (Å²) in [6, 6.07) is 7.63. The van der Waals surface area contributed by atoms with Crippen LogP contribution in [0.25, 0.3) is 11.1 Å². The zero-order valence-electron chi connectivity index (χ0n) is 11.5. The SMILES string of the molecule is Cl.Cl.O=C(CCc1nc2ccccc2o1)NCC1CNC1. The summed E-state index contributed by atoms with van der Waals surface area (Å²) in [5.41, 5.74) is 1.62. The summed E-state index contributed by atoms with van der Waals surface area (Å²) in [6.45, 7) is 2.77. The van der Waals surface area contributed by atoms with Crippen LogP contribution in [0.5, 0.6) is 0 Å². The van der Waals surface area contributed by atoms with Crippen LogP contribution in [0.2, 0.25) is 0 Å². The molecule has 116 valence electrons. The van der Waals surface area contributed by atoms with Gasteiger partial charge >= 0.3 is 0 Å². The van der Waals surface area contributed by atoms with Gasteiger partial charge < -0.3 is 15.1 Å². The Morgan fingerprint density at radius 1 is 1.33 bits per heavy atom. The fraction of sp³-hybridized carbons (Fsp3) is 0.429. The number of aromatic nitrogens is 1. The van der Waals surface area contributed by atoms with Crippen LogP contribution >= 0.6 is 24.8 Å². The Morgan fingerprint density at radius 2 is 2.10 bits per heavy atom. The first-order chi connectivity index (χ1) is 9.31. The van der Waals surface area contributed by atoms with Crippen molar-refractivity contribution in [3.63, 3.8) is 0 Å². The number of aryl methyl sites for hydroxylation is 1. The van der Waals surface area contributed by atoms with Gasteiger partial charge in [0, 0.05) is 38.4 Å². The zero-order valence-corrected chi connectivity index (χ0v) is 13.1. The van der Waals surface area contributed by atoms with Crippen molar-refractivity contribution in [1.29, 1.82) is 0 Å². The number of nitrogens with one attached hydrogen (secondary N) is 2. The van der Waals surface area contributed by atoms with Crippen LogP contribution in [0.4, 0.5) is 0 Å². The number of halogens is 2. The molecule has 0 radical (unpaired) electrons. The van der Waals surface area contributed by atoms with E-state index in [1.54, 1.807) is 0 Å². The summed E-state index contributed by atoms with van der Waals surface area (Å²) in [5.74, 6) is 1.28. The van der Waals surface area contributed by atoms with E-state index in [1.807, 2.05) is 24.3 Å². The number of benzene rings is 1. The normalized spacial score (nSPS) is 13.9. The fourth-order valence-electron chi connectivity index (χ4n) is 2.09. The molecule has 5 nitrogen and oxygen atoms in total. The summed E-state index contributed by atoms with van der Waals surface area (Å²) < 4.78 is 5.58. The number of fused-ring (bicyclic) bond motifs is 1. The Bertz CT molecular complexity index is 551. The lowest BCUT2D eigenvalue weighted by Crippen LogP contribution is -2.48. The Hall–Kier alpha value is -1.30. The smallest absolute Gasteiger partial charge is 0.220 e. The molecule has 2 N–H and O–H groups in total. The van der Waals surface area contributed by atoms with E-state index in [4.69, 9.17) is 4.42 Å². The van der Waals surface area contributed by atoms with Gasteiger partial charge in [0.25, 0.3) is 0 Å². The standard InChI is InChI=1S/C14H17N3O2.2ClH/c18-13(16-9-10-7-15-8-10)5-6-14-17-11-3-1-2-4-12(11)19-14;;/h1-4,10,15H,5-9H2,(H,16,18);2*1H. The molecular formula is C14H19Cl2N3O2. The molecule has 3 rings (SSSR count). The number of amides is 1. The molecule has 0 bridgehead atoms. The number of rotatable bonds is 5. The van der Waals surface area contributed by atoms with Gasteiger partial charge in [-0.1, -0.05) is 12.1 Å².